The van der Waals surface area contributed by atoms with Gasteiger partial charge in [0.2, 0.25) is 0 Å². The third-order valence-electron chi connectivity index (χ3n) is 3.48. The molecule has 0 unspecified atom stereocenters. The van der Waals surface area contributed by atoms with Crippen LogP contribution in [0.4, 0.5) is 0 Å². The van der Waals surface area contributed by atoms with E-state index in [-0.39, 0.29) is 0 Å². The summed E-state index contributed by atoms with van der Waals surface area (Å²) >= 11 is 0. The molecular formula is C17H26N4. The van der Waals surface area contributed by atoms with Crippen LogP contribution in [0.1, 0.15) is 50.6 Å². The van der Waals surface area contributed by atoms with Crippen LogP contribution in [0.2, 0.25) is 0 Å². The quantitative estimate of drug-likeness (QED) is 0.884. The second-order valence-corrected chi connectivity index (χ2v) is 6.28. The third kappa shape index (κ3) is 4.14. The fourth-order valence-corrected chi connectivity index (χ4v) is 2.16. The standard InChI is InChI=1S/C17H26N4/c1-12(2)10-18-11-15-6-7-17(19-14(15)5)21-9-8-16(20-21)13(3)4/h6-9,12-13,18H,10-11H2,1-5H3. The van der Waals surface area contributed by atoms with E-state index in [1.54, 1.807) is 0 Å². The van der Waals surface area contributed by atoms with Crippen molar-refractivity contribution in [1.29, 1.82) is 0 Å². The molecule has 4 nitrogen and oxygen atoms in total. The number of hydrogen-bond acceptors (Lipinski definition) is 3. The molecule has 0 aliphatic rings. The highest BCUT2D eigenvalue weighted by molar-refractivity contribution is 5.30. The lowest BCUT2D eigenvalue weighted by Crippen LogP contribution is -2.19. The number of nitrogens with one attached hydrogen (secondary N) is 1. The van der Waals surface area contributed by atoms with Crippen LogP contribution in [-0.4, -0.2) is 21.3 Å². The van der Waals surface area contributed by atoms with E-state index in [9.17, 15) is 0 Å². The molecule has 0 atom stereocenters. The Morgan fingerprint density at radius 3 is 2.48 bits per heavy atom. The average Bonchev–Trinajstić information content (AvgIpc) is 2.90. The molecule has 0 aliphatic heterocycles. The van der Waals surface area contributed by atoms with Gasteiger partial charge in [0.05, 0.1) is 5.69 Å². The topological polar surface area (TPSA) is 42.7 Å². The maximum atomic E-state index is 4.67. The van der Waals surface area contributed by atoms with Gasteiger partial charge in [-0.1, -0.05) is 33.8 Å². The van der Waals surface area contributed by atoms with Gasteiger partial charge in [0.15, 0.2) is 5.82 Å². The van der Waals surface area contributed by atoms with Gasteiger partial charge in [0.25, 0.3) is 0 Å². The van der Waals surface area contributed by atoms with Crippen LogP contribution in [0.3, 0.4) is 0 Å². The summed E-state index contributed by atoms with van der Waals surface area (Å²) in [6, 6.07) is 6.23. The zero-order chi connectivity index (χ0) is 15.4. The summed E-state index contributed by atoms with van der Waals surface area (Å²) in [6.07, 6.45) is 1.98. The highest BCUT2D eigenvalue weighted by Crippen LogP contribution is 2.14. The first-order chi connectivity index (χ1) is 9.97. The molecule has 21 heavy (non-hydrogen) atoms. The molecule has 2 aromatic rings. The predicted molar refractivity (Wildman–Crippen MR) is 86.7 cm³/mol. The van der Waals surface area contributed by atoms with E-state index in [1.807, 2.05) is 16.9 Å². The summed E-state index contributed by atoms with van der Waals surface area (Å²) in [5.74, 6) is 1.98. The Bertz CT molecular complexity index is 584. The molecule has 2 heterocycles. The van der Waals surface area contributed by atoms with E-state index in [0.29, 0.717) is 11.8 Å². The summed E-state index contributed by atoms with van der Waals surface area (Å²) < 4.78 is 1.85. The Morgan fingerprint density at radius 2 is 1.90 bits per heavy atom. The van der Waals surface area contributed by atoms with Crippen molar-refractivity contribution in [3.63, 3.8) is 0 Å². The highest BCUT2D eigenvalue weighted by atomic mass is 15.3. The van der Waals surface area contributed by atoms with Gasteiger partial charge in [0.1, 0.15) is 0 Å². The van der Waals surface area contributed by atoms with Crippen molar-refractivity contribution in [1.82, 2.24) is 20.1 Å². The van der Waals surface area contributed by atoms with E-state index in [1.165, 1.54) is 5.56 Å². The van der Waals surface area contributed by atoms with E-state index in [4.69, 9.17) is 0 Å². The van der Waals surface area contributed by atoms with Crippen molar-refractivity contribution >= 4 is 0 Å². The first kappa shape index (κ1) is 15.7. The SMILES string of the molecule is Cc1nc(-n2ccc(C(C)C)n2)ccc1CNCC(C)C. The van der Waals surface area contributed by atoms with Gasteiger partial charge in [-0.2, -0.15) is 5.10 Å². The third-order valence-corrected chi connectivity index (χ3v) is 3.48. The maximum Gasteiger partial charge on any atom is 0.153 e. The molecule has 0 aliphatic carbocycles. The van der Waals surface area contributed by atoms with Crippen molar-refractivity contribution < 1.29 is 0 Å². The first-order valence-electron chi connectivity index (χ1n) is 7.70. The molecular weight excluding hydrogens is 260 g/mol. The van der Waals surface area contributed by atoms with Crippen LogP contribution in [0.5, 0.6) is 0 Å². The van der Waals surface area contributed by atoms with Gasteiger partial charge in [0, 0.05) is 18.4 Å². The molecule has 4 heteroatoms. The lowest BCUT2D eigenvalue weighted by Gasteiger charge is -2.10. The molecule has 0 fully saturated rings. The minimum absolute atomic E-state index is 0.437. The number of aryl methyl sites for hydroxylation is 1. The highest BCUT2D eigenvalue weighted by Gasteiger charge is 2.07. The lowest BCUT2D eigenvalue weighted by atomic mass is 10.1. The van der Waals surface area contributed by atoms with Crippen LogP contribution >= 0.6 is 0 Å². The zero-order valence-electron chi connectivity index (χ0n) is 13.7. The van der Waals surface area contributed by atoms with Crippen molar-refractivity contribution in [2.75, 3.05) is 6.54 Å². The number of rotatable bonds is 6. The van der Waals surface area contributed by atoms with Gasteiger partial charge in [-0.05, 0) is 43.0 Å². The van der Waals surface area contributed by atoms with Gasteiger partial charge < -0.3 is 5.32 Å². The minimum Gasteiger partial charge on any atom is -0.312 e. The Kier molecular flexibility index (Phi) is 5.12. The Morgan fingerprint density at radius 1 is 1.14 bits per heavy atom. The van der Waals surface area contributed by atoms with E-state index in [2.05, 4.69) is 62.2 Å². The van der Waals surface area contributed by atoms with Crippen LogP contribution < -0.4 is 5.32 Å². The van der Waals surface area contributed by atoms with Crippen molar-refractivity contribution in [2.24, 2.45) is 5.92 Å². The largest absolute Gasteiger partial charge is 0.312 e. The Balaban J connectivity index is 2.10. The monoisotopic (exact) mass is 286 g/mol. The second-order valence-electron chi connectivity index (χ2n) is 6.28. The minimum atomic E-state index is 0.437. The molecule has 114 valence electrons. The number of aromatic nitrogens is 3. The van der Waals surface area contributed by atoms with Gasteiger partial charge in [-0.25, -0.2) is 9.67 Å². The predicted octanol–water partition coefficient (Wildman–Crippen LogP) is 3.44. The molecule has 0 saturated heterocycles. The number of nitrogens with zero attached hydrogens (tertiary/aromatic N) is 3. The first-order valence-corrected chi connectivity index (χ1v) is 7.70. The van der Waals surface area contributed by atoms with Gasteiger partial charge >= 0.3 is 0 Å². The van der Waals surface area contributed by atoms with Crippen LogP contribution in [0, 0.1) is 12.8 Å². The van der Waals surface area contributed by atoms with E-state index >= 15 is 0 Å². The molecule has 0 radical (unpaired) electrons. The van der Waals surface area contributed by atoms with Crippen LogP contribution in [-0.2, 0) is 6.54 Å². The van der Waals surface area contributed by atoms with Crippen molar-refractivity contribution in [3.05, 3.63) is 41.3 Å². The van der Waals surface area contributed by atoms with E-state index in [0.717, 1.165) is 30.3 Å². The molecule has 0 spiro atoms. The zero-order valence-corrected chi connectivity index (χ0v) is 13.7. The van der Waals surface area contributed by atoms with Crippen molar-refractivity contribution in [3.8, 4) is 5.82 Å². The maximum absolute atomic E-state index is 4.67. The van der Waals surface area contributed by atoms with Crippen LogP contribution in [0.15, 0.2) is 24.4 Å². The molecule has 2 aromatic heterocycles. The summed E-state index contributed by atoms with van der Waals surface area (Å²) in [5, 5.41) is 8.03. The van der Waals surface area contributed by atoms with Crippen molar-refractivity contribution in [2.45, 2.75) is 47.1 Å². The second kappa shape index (κ2) is 6.85. The van der Waals surface area contributed by atoms with Crippen LogP contribution in [0.25, 0.3) is 5.82 Å². The normalized spacial score (nSPS) is 11.6. The van der Waals surface area contributed by atoms with Gasteiger partial charge in [-0.15, -0.1) is 0 Å². The molecule has 0 saturated carbocycles. The smallest absolute Gasteiger partial charge is 0.153 e. The number of pyridine rings is 1. The van der Waals surface area contributed by atoms with Gasteiger partial charge in [-0.3, -0.25) is 0 Å². The molecule has 0 amide bonds. The number of hydrogen-bond donors (Lipinski definition) is 1. The van der Waals surface area contributed by atoms with E-state index < -0.39 is 0 Å². The average molecular weight is 286 g/mol. The molecule has 2 rings (SSSR count). The summed E-state index contributed by atoms with van der Waals surface area (Å²) in [5.41, 5.74) is 3.40. The fraction of sp³-hybridized carbons (Fsp3) is 0.529. The summed E-state index contributed by atoms with van der Waals surface area (Å²) in [6.45, 7) is 12.7. The Labute approximate surface area is 127 Å². The fourth-order valence-electron chi connectivity index (χ4n) is 2.16. The molecule has 0 aromatic carbocycles. The summed E-state index contributed by atoms with van der Waals surface area (Å²) in [7, 11) is 0. The molecule has 1 N–H and O–H groups in total. The molecule has 0 bridgehead atoms. The summed E-state index contributed by atoms with van der Waals surface area (Å²) in [4.78, 5) is 4.67. The lowest BCUT2D eigenvalue weighted by molar-refractivity contribution is 0.550. The Hall–Kier alpha value is -1.68.